The van der Waals surface area contributed by atoms with Crippen LogP contribution in [0.25, 0.3) is 16.1 Å². The molecule has 0 atom stereocenters. The van der Waals surface area contributed by atoms with Crippen LogP contribution < -0.4 is 0 Å². The zero-order valence-corrected chi connectivity index (χ0v) is 35.6. The SMILES string of the molecule is C#CC#CC#CC#CC#CC#CC#CC#CC#CC#CC#C[N+]1=C(/C=C/C2=C(Cl)C(=C/[N-]c3ccccc3)/CCC2)C(C)(C)c2c1ccc1ccccc21.[Ac]. The summed E-state index contributed by atoms with van der Waals surface area (Å²) in [5.74, 6) is 51.5. The van der Waals surface area contributed by atoms with Gasteiger partial charge in [-0.1, -0.05) is 77.8 Å². The molecule has 1 radical (unpaired) electrons. The van der Waals surface area contributed by atoms with Gasteiger partial charge in [-0.05, 0) is 103 Å². The van der Waals surface area contributed by atoms with Gasteiger partial charge in [0.1, 0.15) is 0 Å². The molecule has 0 saturated carbocycles. The number of terminal acetylenes is 1. The van der Waals surface area contributed by atoms with Crippen LogP contribution in [0.3, 0.4) is 0 Å². The standard InChI is InChI=1S/C51H27ClN2.Ac/c1-4-5-6-7-8-9-10-11-12-13-14-15-16-17-18-19-20-21-22-28-40-54-47-38-36-42-30-26-27-35-46(42)49(47)51(2,3)48(54)39-37-43-31-29-32-44(50(43)52)41-53-45-33-24-23-25-34-45;/h1,23-27,30,33-39,41H,29,31-32H2,2-3H3;. The third-order valence-electron chi connectivity index (χ3n) is 8.04. The van der Waals surface area contributed by atoms with Crippen molar-refractivity contribution < 1.29 is 48.6 Å². The minimum atomic E-state index is -0.354. The van der Waals surface area contributed by atoms with Crippen molar-refractivity contribution in [3.8, 4) is 131 Å². The maximum atomic E-state index is 6.98. The number of para-hydroxylation sites is 1. The van der Waals surface area contributed by atoms with Crippen LogP contribution in [0.5, 0.6) is 0 Å². The number of benzene rings is 3. The Kier molecular flexibility index (Phi) is 16.4. The van der Waals surface area contributed by atoms with E-state index in [4.69, 9.17) is 18.0 Å². The van der Waals surface area contributed by atoms with Crippen molar-refractivity contribution in [3.05, 3.63) is 112 Å². The summed E-state index contributed by atoms with van der Waals surface area (Å²) in [7, 11) is 0. The molecule has 3 aromatic rings. The van der Waals surface area contributed by atoms with E-state index >= 15 is 0 Å². The molecule has 2 aliphatic rings. The first-order valence-electron chi connectivity index (χ1n) is 16.7. The van der Waals surface area contributed by atoms with E-state index in [0.717, 1.165) is 52.5 Å². The average Bonchev–Trinajstić information content (AvgIpc) is 3.41. The van der Waals surface area contributed by atoms with Crippen LogP contribution in [0.1, 0.15) is 38.7 Å². The maximum Gasteiger partial charge on any atom is 0.243 e. The first-order valence-corrected chi connectivity index (χ1v) is 17.1. The summed E-state index contributed by atoms with van der Waals surface area (Å²) in [6.07, 6.45) is 13.9. The van der Waals surface area contributed by atoms with Gasteiger partial charge in [0.2, 0.25) is 17.4 Å². The predicted molar refractivity (Wildman–Crippen MR) is 222 cm³/mol. The number of hydrogen-bond acceptors (Lipinski definition) is 0. The van der Waals surface area contributed by atoms with Gasteiger partial charge in [0, 0.05) is 132 Å². The number of fused-ring (bicyclic) bond motifs is 3. The topological polar surface area (TPSA) is 17.1 Å². The van der Waals surface area contributed by atoms with E-state index in [1.165, 1.54) is 16.3 Å². The van der Waals surface area contributed by atoms with E-state index in [9.17, 15) is 0 Å². The minimum Gasteiger partial charge on any atom is -0.664 e. The van der Waals surface area contributed by atoms with E-state index in [1.807, 2.05) is 41.1 Å². The van der Waals surface area contributed by atoms with Crippen LogP contribution in [0.2, 0.25) is 0 Å². The normalized spacial score (nSPS) is 12.9. The Bertz CT molecular complexity index is 2860. The maximum absolute atomic E-state index is 6.98. The molecule has 1 aliphatic heterocycles. The molecule has 0 unspecified atom stereocenters. The summed E-state index contributed by atoms with van der Waals surface area (Å²) in [5, 5.41) is 7.77. The van der Waals surface area contributed by atoms with Crippen LogP contribution in [-0.4, -0.2) is 10.3 Å². The van der Waals surface area contributed by atoms with Crippen molar-refractivity contribution in [1.29, 1.82) is 0 Å². The van der Waals surface area contributed by atoms with Gasteiger partial charge in [0.05, 0.1) is 11.3 Å². The summed E-state index contributed by atoms with van der Waals surface area (Å²) >= 11 is 6.98. The smallest absolute Gasteiger partial charge is 0.243 e. The summed E-state index contributed by atoms with van der Waals surface area (Å²) in [6, 6.07) is 25.8. The van der Waals surface area contributed by atoms with E-state index in [-0.39, 0.29) is 49.5 Å². The first-order chi connectivity index (χ1) is 26.5. The summed E-state index contributed by atoms with van der Waals surface area (Å²) in [5.41, 5.74) is 5.92. The fourth-order valence-electron chi connectivity index (χ4n) is 5.71. The average molecular weight is 930 g/mol. The monoisotopic (exact) mass is 929 g/mol. The third kappa shape index (κ3) is 11.7. The van der Waals surface area contributed by atoms with Gasteiger partial charge in [-0.3, -0.25) is 0 Å². The fraction of sp³-hybridized carbons (Fsp3) is 0.118. The molecule has 0 fully saturated rings. The molecule has 0 N–H and O–H groups in total. The second-order valence-corrected chi connectivity index (χ2v) is 12.2. The van der Waals surface area contributed by atoms with E-state index in [1.54, 1.807) is 0 Å². The molecule has 1 heterocycles. The molecule has 55 heavy (non-hydrogen) atoms. The molecule has 4 heteroatoms. The van der Waals surface area contributed by atoms with Crippen LogP contribution in [0.15, 0.2) is 101 Å². The molecule has 0 bridgehead atoms. The van der Waals surface area contributed by atoms with Crippen molar-refractivity contribution >= 4 is 39.5 Å². The molecule has 0 aromatic heterocycles. The zero-order chi connectivity index (χ0) is 37.9. The number of halogens is 1. The number of rotatable bonds is 4. The van der Waals surface area contributed by atoms with Gasteiger partial charge in [-0.15, -0.1) is 16.7 Å². The van der Waals surface area contributed by atoms with Gasteiger partial charge in [-0.2, -0.15) is 6.20 Å². The minimum absolute atomic E-state index is 0. The van der Waals surface area contributed by atoms with Crippen molar-refractivity contribution in [1.82, 2.24) is 0 Å². The van der Waals surface area contributed by atoms with Gasteiger partial charge >= 0.3 is 0 Å². The van der Waals surface area contributed by atoms with Gasteiger partial charge in [-0.25, -0.2) is 0 Å². The molecule has 251 valence electrons. The summed E-state index contributed by atoms with van der Waals surface area (Å²) in [6.45, 7) is 4.46. The first kappa shape index (κ1) is 41.3. The molecule has 0 spiro atoms. The Morgan fingerprint density at radius 3 is 1.80 bits per heavy atom. The molecule has 2 nitrogen and oxygen atoms in total. The predicted octanol–water partition coefficient (Wildman–Crippen LogP) is 8.66. The van der Waals surface area contributed by atoms with Crippen molar-refractivity contribution in [2.75, 3.05) is 0 Å². The zero-order valence-electron chi connectivity index (χ0n) is 30.1. The van der Waals surface area contributed by atoms with Gasteiger partial charge < -0.3 is 5.32 Å². The van der Waals surface area contributed by atoms with Crippen molar-refractivity contribution in [3.63, 3.8) is 0 Å². The second-order valence-electron chi connectivity index (χ2n) is 11.8. The summed E-state index contributed by atoms with van der Waals surface area (Å²) < 4.78 is 2.03. The van der Waals surface area contributed by atoms with Crippen LogP contribution in [-0.2, 0) is 5.41 Å². The van der Waals surface area contributed by atoms with Crippen molar-refractivity contribution in [2.24, 2.45) is 0 Å². The largest absolute Gasteiger partial charge is 0.664 e. The Labute approximate surface area is 366 Å². The molecule has 5 rings (SSSR count). The van der Waals surface area contributed by atoms with Gasteiger partial charge in [0.15, 0.2) is 0 Å². The molecular formula is C51H27AcClN2. The second kappa shape index (κ2) is 21.9. The molecule has 3 aromatic carbocycles. The van der Waals surface area contributed by atoms with Crippen LogP contribution in [0.4, 0.5) is 11.4 Å². The quantitative estimate of drug-likeness (QED) is 0.184. The van der Waals surface area contributed by atoms with E-state index in [2.05, 4.69) is 192 Å². The van der Waals surface area contributed by atoms with E-state index < -0.39 is 0 Å². The molecule has 1 aliphatic carbocycles. The Morgan fingerprint density at radius 1 is 0.655 bits per heavy atom. The Morgan fingerprint density at radius 2 is 1.20 bits per heavy atom. The number of hydrogen-bond donors (Lipinski definition) is 0. The number of allylic oxidation sites excluding steroid dienone is 5. The Balaban J connectivity index is 0.00000673. The molecule has 0 amide bonds. The fourth-order valence-corrected chi connectivity index (χ4v) is 6.01. The third-order valence-corrected chi connectivity index (χ3v) is 8.53. The van der Waals surface area contributed by atoms with Gasteiger partial charge in [0.25, 0.3) is 0 Å². The molecular weight excluding hydrogens is 903 g/mol. The Hall–Kier alpha value is -6.50. The summed E-state index contributed by atoms with van der Waals surface area (Å²) in [4.78, 5) is 0. The van der Waals surface area contributed by atoms with Crippen LogP contribution >= 0.6 is 11.6 Å². The molecule has 0 saturated heterocycles. The van der Waals surface area contributed by atoms with Crippen LogP contribution in [0, 0.1) is 175 Å². The van der Waals surface area contributed by atoms with E-state index in [0.29, 0.717) is 0 Å². The van der Waals surface area contributed by atoms with Crippen molar-refractivity contribution in [2.45, 2.75) is 38.5 Å². The number of nitrogens with zero attached hydrogens (tertiary/aromatic N) is 2.